The minimum Gasteiger partial charge on any atom is -0.419 e. The predicted octanol–water partition coefficient (Wildman–Crippen LogP) is 3.25. The zero-order chi connectivity index (χ0) is 24.8. The van der Waals surface area contributed by atoms with Gasteiger partial charge >= 0.3 is 23.3 Å². The van der Waals surface area contributed by atoms with E-state index in [1.807, 2.05) is 0 Å². The molecular weight excluding hydrogens is 460 g/mol. The molecule has 0 unspecified atom stereocenters. The summed E-state index contributed by atoms with van der Waals surface area (Å²) in [7, 11) is -3.91. The molecule has 0 spiro atoms. The van der Waals surface area contributed by atoms with Crippen molar-refractivity contribution >= 4 is 33.2 Å². The highest BCUT2D eigenvalue weighted by Gasteiger charge is 2.23. The smallest absolute Gasteiger partial charge is 0.311 e. The Morgan fingerprint density at radius 3 is 1.45 bits per heavy atom. The molecule has 2 aromatic rings. The zero-order valence-electron chi connectivity index (χ0n) is 17.7. The molecule has 0 aromatic heterocycles. The number of rotatable bonds is 10. The van der Waals surface area contributed by atoms with Gasteiger partial charge in [0.25, 0.3) is 0 Å². The number of carbonyl (C=O) groups is 2. The van der Waals surface area contributed by atoms with Crippen LogP contribution in [0.3, 0.4) is 0 Å². The summed E-state index contributed by atoms with van der Waals surface area (Å²) < 4.78 is 35.1. The van der Waals surface area contributed by atoms with Crippen LogP contribution < -0.4 is 9.47 Å². The molecule has 0 heterocycles. The third kappa shape index (κ3) is 7.07. The molecule has 0 radical (unpaired) electrons. The van der Waals surface area contributed by atoms with Gasteiger partial charge in [0.15, 0.2) is 9.84 Å². The highest BCUT2D eigenvalue weighted by atomic mass is 32.2. The van der Waals surface area contributed by atoms with Crippen LogP contribution in [0.5, 0.6) is 11.5 Å². The Morgan fingerprint density at radius 2 is 1.15 bits per heavy atom. The van der Waals surface area contributed by atoms with Gasteiger partial charge in [0.2, 0.25) is 11.5 Å². The molecular formula is C20H20N2O10S. The van der Waals surface area contributed by atoms with E-state index in [9.17, 15) is 38.2 Å². The van der Waals surface area contributed by atoms with Crippen LogP contribution in [0.15, 0.2) is 36.4 Å². The molecule has 2 aromatic carbocycles. The molecule has 13 heteroatoms. The SMILES string of the molecule is CCC(=O)Oc1ccc(CS(=O)(=O)Cc2ccc(OC(=O)CC)c([N+](=O)[O-])c2)cc1[N+](=O)[O-]. The van der Waals surface area contributed by atoms with Crippen molar-refractivity contribution in [2.75, 3.05) is 0 Å². The van der Waals surface area contributed by atoms with E-state index in [4.69, 9.17) is 9.47 Å². The van der Waals surface area contributed by atoms with Crippen LogP contribution in [-0.2, 0) is 30.9 Å². The van der Waals surface area contributed by atoms with Crippen molar-refractivity contribution in [3.05, 3.63) is 67.8 Å². The van der Waals surface area contributed by atoms with Crippen LogP contribution in [-0.4, -0.2) is 30.2 Å². The van der Waals surface area contributed by atoms with E-state index in [2.05, 4.69) is 0 Å². The van der Waals surface area contributed by atoms with E-state index in [1.165, 1.54) is 26.0 Å². The normalized spacial score (nSPS) is 11.0. The van der Waals surface area contributed by atoms with Crippen LogP contribution in [0.2, 0.25) is 0 Å². The van der Waals surface area contributed by atoms with E-state index in [-0.39, 0.29) is 35.5 Å². The van der Waals surface area contributed by atoms with Gasteiger partial charge in [0, 0.05) is 25.0 Å². The van der Waals surface area contributed by atoms with Crippen molar-refractivity contribution in [2.24, 2.45) is 0 Å². The maximum Gasteiger partial charge on any atom is 0.311 e. The van der Waals surface area contributed by atoms with Crippen molar-refractivity contribution in [2.45, 2.75) is 38.2 Å². The van der Waals surface area contributed by atoms with Gasteiger partial charge in [-0.2, -0.15) is 0 Å². The van der Waals surface area contributed by atoms with Gasteiger partial charge in [-0.15, -0.1) is 0 Å². The fraction of sp³-hybridized carbons (Fsp3) is 0.300. The number of nitro benzene ring substituents is 2. The first-order chi connectivity index (χ1) is 15.5. The van der Waals surface area contributed by atoms with Gasteiger partial charge in [0.05, 0.1) is 21.4 Å². The molecule has 0 bridgehead atoms. The van der Waals surface area contributed by atoms with Crippen molar-refractivity contribution in [3.8, 4) is 11.5 Å². The van der Waals surface area contributed by atoms with Crippen LogP contribution in [0.4, 0.5) is 11.4 Å². The molecule has 2 rings (SSSR count). The largest absolute Gasteiger partial charge is 0.419 e. The van der Waals surface area contributed by atoms with E-state index < -0.39 is 54.5 Å². The highest BCUT2D eigenvalue weighted by Crippen LogP contribution is 2.31. The molecule has 0 saturated heterocycles. The van der Waals surface area contributed by atoms with Crippen LogP contribution >= 0.6 is 0 Å². The van der Waals surface area contributed by atoms with Crippen LogP contribution in [0.1, 0.15) is 37.8 Å². The van der Waals surface area contributed by atoms with Crippen molar-refractivity contribution < 1.29 is 37.3 Å². The molecule has 0 N–H and O–H groups in total. The predicted molar refractivity (Wildman–Crippen MR) is 114 cm³/mol. The fourth-order valence-corrected chi connectivity index (χ4v) is 4.19. The van der Waals surface area contributed by atoms with Gasteiger partial charge in [-0.1, -0.05) is 26.0 Å². The quantitative estimate of drug-likeness (QED) is 0.212. The second-order valence-corrected chi connectivity index (χ2v) is 8.87. The third-order valence-electron chi connectivity index (χ3n) is 4.24. The Bertz CT molecular complexity index is 1120. The van der Waals surface area contributed by atoms with E-state index in [0.717, 1.165) is 24.3 Å². The maximum absolute atomic E-state index is 12.6. The summed E-state index contributed by atoms with van der Waals surface area (Å²) in [5, 5.41) is 22.6. The van der Waals surface area contributed by atoms with Gasteiger partial charge in [-0.25, -0.2) is 8.42 Å². The van der Waals surface area contributed by atoms with Crippen LogP contribution in [0, 0.1) is 20.2 Å². The molecule has 0 saturated carbocycles. The minimum atomic E-state index is -3.91. The topological polar surface area (TPSA) is 173 Å². The summed E-state index contributed by atoms with van der Waals surface area (Å²) in [6.45, 7) is 3.03. The first kappa shape index (κ1) is 25.4. The van der Waals surface area contributed by atoms with E-state index in [0.29, 0.717) is 0 Å². The average molecular weight is 480 g/mol. The Balaban J connectivity index is 2.27. The lowest BCUT2D eigenvalue weighted by Gasteiger charge is -2.09. The Kier molecular flexibility index (Phi) is 8.18. The Morgan fingerprint density at radius 1 is 0.788 bits per heavy atom. The Hall–Kier alpha value is -3.87. The third-order valence-corrected chi connectivity index (χ3v) is 5.78. The summed E-state index contributed by atoms with van der Waals surface area (Å²) in [5.41, 5.74) is -0.994. The van der Waals surface area contributed by atoms with Crippen molar-refractivity contribution in [1.82, 2.24) is 0 Å². The minimum absolute atomic E-state index is 0.00411. The first-order valence-electron chi connectivity index (χ1n) is 9.62. The molecule has 0 aliphatic heterocycles. The number of benzene rings is 2. The van der Waals surface area contributed by atoms with Gasteiger partial charge < -0.3 is 9.47 Å². The van der Waals surface area contributed by atoms with Gasteiger partial charge in [-0.3, -0.25) is 29.8 Å². The monoisotopic (exact) mass is 480 g/mol. The average Bonchev–Trinajstić information content (AvgIpc) is 2.74. The molecule has 12 nitrogen and oxygen atoms in total. The number of hydrogen-bond acceptors (Lipinski definition) is 10. The molecule has 176 valence electrons. The first-order valence-corrected chi connectivity index (χ1v) is 11.4. The molecule has 0 aliphatic carbocycles. The van der Waals surface area contributed by atoms with Crippen LogP contribution in [0.25, 0.3) is 0 Å². The number of carbonyl (C=O) groups excluding carboxylic acids is 2. The number of nitrogens with zero attached hydrogens (tertiary/aromatic N) is 2. The van der Waals surface area contributed by atoms with Crippen molar-refractivity contribution in [3.63, 3.8) is 0 Å². The molecule has 0 atom stereocenters. The summed E-state index contributed by atoms with van der Waals surface area (Å²) in [5.74, 6) is -3.19. The second kappa shape index (κ2) is 10.6. The number of sulfone groups is 1. The number of esters is 2. The van der Waals surface area contributed by atoms with Gasteiger partial charge in [0.1, 0.15) is 0 Å². The standard InChI is InChI=1S/C20H20N2O10S/c1-3-19(23)31-17-7-5-13(9-15(17)21(25)26)11-33(29,30)12-14-6-8-18(32-20(24)4-2)16(10-14)22(27)28/h5-10H,3-4,11-12H2,1-2H3. The van der Waals surface area contributed by atoms with E-state index >= 15 is 0 Å². The lowest BCUT2D eigenvalue weighted by molar-refractivity contribution is -0.385. The maximum atomic E-state index is 12.6. The fourth-order valence-electron chi connectivity index (χ4n) is 2.71. The number of hydrogen-bond donors (Lipinski definition) is 0. The highest BCUT2D eigenvalue weighted by molar-refractivity contribution is 7.89. The molecule has 0 fully saturated rings. The van der Waals surface area contributed by atoms with Gasteiger partial charge in [-0.05, 0) is 23.3 Å². The molecule has 0 aliphatic rings. The number of nitro groups is 2. The number of ether oxygens (including phenoxy) is 2. The lowest BCUT2D eigenvalue weighted by atomic mass is 10.2. The molecule has 33 heavy (non-hydrogen) atoms. The van der Waals surface area contributed by atoms with Crippen molar-refractivity contribution in [1.29, 1.82) is 0 Å². The summed E-state index contributed by atoms with van der Waals surface area (Å²) >= 11 is 0. The second-order valence-electron chi connectivity index (χ2n) is 6.81. The Labute approximate surface area is 188 Å². The zero-order valence-corrected chi connectivity index (χ0v) is 18.5. The van der Waals surface area contributed by atoms with E-state index in [1.54, 1.807) is 0 Å². The lowest BCUT2D eigenvalue weighted by Crippen LogP contribution is -2.11. The summed E-state index contributed by atoms with van der Waals surface area (Å²) in [6.07, 6.45) is -0.00822. The summed E-state index contributed by atoms with van der Waals surface area (Å²) in [4.78, 5) is 43.9. The molecule has 0 amide bonds. The summed E-state index contributed by atoms with van der Waals surface area (Å²) in [6, 6.07) is 6.81.